The molecule has 0 aliphatic heterocycles. The SMILES string of the molecule is O=C(NC=C1CCCCC1)NCCOCCO. The maximum absolute atomic E-state index is 11.3. The molecule has 0 aromatic carbocycles. The quantitative estimate of drug-likeness (QED) is 0.612. The molecule has 0 atom stereocenters. The zero-order valence-corrected chi connectivity index (χ0v) is 10.2. The number of hydrogen-bond donors (Lipinski definition) is 3. The molecule has 0 aromatic heterocycles. The van der Waals surface area contributed by atoms with Gasteiger partial charge in [-0.15, -0.1) is 0 Å². The zero-order valence-electron chi connectivity index (χ0n) is 10.2. The van der Waals surface area contributed by atoms with Gasteiger partial charge in [0.1, 0.15) is 0 Å². The van der Waals surface area contributed by atoms with Gasteiger partial charge in [0.25, 0.3) is 0 Å². The van der Waals surface area contributed by atoms with Crippen LogP contribution < -0.4 is 10.6 Å². The van der Waals surface area contributed by atoms with Crippen LogP contribution in [-0.4, -0.2) is 37.5 Å². The van der Waals surface area contributed by atoms with E-state index < -0.39 is 0 Å². The van der Waals surface area contributed by atoms with E-state index in [1.54, 1.807) is 0 Å². The van der Waals surface area contributed by atoms with Crippen LogP contribution in [0.4, 0.5) is 4.79 Å². The van der Waals surface area contributed by atoms with Crippen molar-refractivity contribution in [2.75, 3.05) is 26.4 Å². The smallest absolute Gasteiger partial charge is 0.318 e. The van der Waals surface area contributed by atoms with E-state index in [4.69, 9.17) is 9.84 Å². The Morgan fingerprint density at radius 3 is 2.76 bits per heavy atom. The van der Waals surface area contributed by atoms with Crippen molar-refractivity contribution in [3.8, 4) is 0 Å². The number of aliphatic hydroxyl groups excluding tert-OH is 1. The van der Waals surface area contributed by atoms with Gasteiger partial charge in [0, 0.05) is 12.7 Å². The van der Waals surface area contributed by atoms with Gasteiger partial charge in [0.15, 0.2) is 0 Å². The van der Waals surface area contributed by atoms with Crippen LogP contribution in [0.15, 0.2) is 11.8 Å². The third-order valence-corrected chi connectivity index (χ3v) is 2.67. The molecular formula is C12H22N2O3. The predicted octanol–water partition coefficient (Wildman–Crippen LogP) is 1.14. The first-order chi connectivity index (χ1) is 8.33. The summed E-state index contributed by atoms with van der Waals surface area (Å²) in [5.41, 5.74) is 1.32. The molecule has 0 bridgehead atoms. The molecule has 1 fully saturated rings. The lowest BCUT2D eigenvalue weighted by molar-refractivity contribution is 0.0948. The Labute approximate surface area is 102 Å². The highest BCUT2D eigenvalue weighted by molar-refractivity contribution is 5.74. The zero-order chi connectivity index (χ0) is 12.3. The number of ether oxygens (including phenoxy) is 1. The second-order valence-corrected chi connectivity index (χ2v) is 4.10. The van der Waals surface area contributed by atoms with Crippen LogP contribution in [0, 0.1) is 0 Å². The molecule has 0 spiro atoms. The number of hydrogen-bond acceptors (Lipinski definition) is 3. The molecule has 1 saturated carbocycles. The van der Waals surface area contributed by atoms with E-state index in [9.17, 15) is 4.79 Å². The number of rotatable bonds is 6. The van der Waals surface area contributed by atoms with E-state index in [-0.39, 0.29) is 12.6 Å². The number of carbonyl (C=O) groups is 1. The molecule has 0 unspecified atom stereocenters. The summed E-state index contributed by atoms with van der Waals surface area (Å²) < 4.78 is 5.02. The fourth-order valence-electron chi connectivity index (χ4n) is 1.77. The summed E-state index contributed by atoms with van der Waals surface area (Å²) >= 11 is 0. The first-order valence-electron chi connectivity index (χ1n) is 6.24. The van der Waals surface area contributed by atoms with Gasteiger partial charge in [-0.05, 0) is 25.7 Å². The second-order valence-electron chi connectivity index (χ2n) is 4.10. The van der Waals surface area contributed by atoms with Gasteiger partial charge in [-0.3, -0.25) is 0 Å². The molecule has 1 aliphatic carbocycles. The molecule has 17 heavy (non-hydrogen) atoms. The molecule has 0 heterocycles. The van der Waals surface area contributed by atoms with E-state index in [0.717, 1.165) is 12.8 Å². The van der Waals surface area contributed by atoms with E-state index in [1.165, 1.54) is 24.8 Å². The molecular weight excluding hydrogens is 220 g/mol. The standard InChI is InChI=1S/C12H22N2O3/c15-7-9-17-8-6-13-12(16)14-10-11-4-2-1-3-5-11/h10,15H,1-9H2,(H2,13,14,16). The lowest BCUT2D eigenvalue weighted by atomic mass is 9.96. The molecule has 0 radical (unpaired) electrons. The number of amides is 2. The number of urea groups is 1. The first-order valence-corrected chi connectivity index (χ1v) is 6.24. The van der Waals surface area contributed by atoms with Crippen molar-refractivity contribution in [1.82, 2.24) is 10.6 Å². The fraction of sp³-hybridized carbons (Fsp3) is 0.750. The molecule has 0 aromatic rings. The van der Waals surface area contributed by atoms with E-state index in [2.05, 4.69) is 10.6 Å². The van der Waals surface area contributed by atoms with Crippen LogP contribution in [0.5, 0.6) is 0 Å². The van der Waals surface area contributed by atoms with Gasteiger partial charge in [0.05, 0.1) is 19.8 Å². The summed E-state index contributed by atoms with van der Waals surface area (Å²) in [5, 5.41) is 13.9. The van der Waals surface area contributed by atoms with Crippen molar-refractivity contribution >= 4 is 6.03 Å². The summed E-state index contributed by atoms with van der Waals surface area (Å²) in [6, 6.07) is -0.198. The van der Waals surface area contributed by atoms with Gasteiger partial charge in [0.2, 0.25) is 0 Å². The van der Waals surface area contributed by atoms with Crippen LogP contribution >= 0.6 is 0 Å². The largest absolute Gasteiger partial charge is 0.394 e. The normalized spacial score (nSPS) is 15.5. The van der Waals surface area contributed by atoms with Crippen molar-refractivity contribution in [3.05, 3.63) is 11.8 Å². The Balaban J connectivity index is 2.04. The number of allylic oxidation sites excluding steroid dienone is 1. The van der Waals surface area contributed by atoms with Crippen LogP contribution in [-0.2, 0) is 4.74 Å². The Morgan fingerprint density at radius 1 is 1.29 bits per heavy atom. The molecule has 1 rings (SSSR count). The molecule has 5 heteroatoms. The summed E-state index contributed by atoms with van der Waals surface area (Å²) in [5.74, 6) is 0. The van der Waals surface area contributed by atoms with Crippen LogP contribution in [0.25, 0.3) is 0 Å². The maximum Gasteiger partial charge on any atom is 0.318 e. The topological polar surface area (TPSA) is 70.6 Å². The van der Waals surface area contributed by atoms with Crippen molar-refractivity contribution in [2.45, 2.75) is 32.1 Å². The number of aliphatic hydroxyl groups is 1. The van der Waals surface area contributed by atoms with Crippen molar-refractivity contribution in [1.29, 1.82) is 0 Å². The maximum atomic E-state index is 11.3. The second kappa shape index (κ2) is 9.01. The van der Waals surface area contributed by atoms with Gasteiger partial charge in [-0.25, -0.2) is 4.79 Å². The number of carbonyl (C=O) groups excluding carboxylic acids is 1. The molecule has 2 amide bonds. The molecule has 5 nitrogen and oxygen atoms in total. The Hall–Kier alpha value is -1.07. The van der Waals surface area contributed by atoms with Crippen molar-refractivity contribution in [2.24, 2.45) is 0 Å². The fourth-order valence-corrected chi connectivity index (χ4v) is 1.77. The summed E-state index contributed by atoms with van der Waals surface area (Å²) in [4.78, 5) is 11.3. The highest BCUT2D eigenvalue weighted by atomic mass is 16.5. The highest BCUT2D eigenvalue weighted by Crippen LogP contribution is 2.21. The average Bonchev–Trinajstić information content (AvgIpc) is 2.37. The van der Waals surface area contributed by atoms with E-state index in [0.29, 0.717) is 19.8 Å². The third-order valence-electron chi connectivity index (χ3n) is 2.67. The van der Waals surface area contributed by atoms with E-state index >= 15 is 0 Å². The van der Waals surface area contributed by atoms with Crippen LogP contribution in [0.3, 0.4) is 0 Å². The summed E-state index contributed by atoms with van der Waals surface area (Å²) in [6.07, 6.45) is 7.77. The minimum absolute atomic E-state index is 0.0122. The number of nitrogens with one attached hydrogen (secondary N) is 2. The molecule has 0 saturated heterocycles. The molecule has 1 aliphatic rings. The molecule has 3 N–H and O–H groups in total. The Morgan fingerprint density at radius 2 is 2.06 bits per heavy atom. The highest BCUT2D eigenvalue weighted by Gasteiger charge is 2.05. The summed E-state index contributed by atoms with van der Waals surface area (Å²) in [6.45, 7) is 1.20. The minimum Gasteiger partial charge on any atom is -0.394 e. The Bertz CT molecular complexity index is 246. The predicted molar refractivity (Wildman–Crippen MR) is 65.6 cm³/mol. The van der Waals surface area contributed by atoms with Gasteiger partial charge >= 0.3 is 6.03 Å². The Kier molecular flexibility index (Phi) is 7.42. The summed E-state index contributed by atoms with van der Waals surface area (Å²) in [7, 11) is 0. The molecule has 98 valence electrons. The minimum atomic E-state index is -0.198. The average molecular weight is 242 g/mol. The van der Waals surface area contributed by atoms with Crippen molar-refractivity contribution in [3.63, 3.8) is 0 Å². The third kappa shape index (κ3) is 6.97. The first kappa shape index (κ1) is 14.0. The lowest BCUT2D eigenvalue weighted by Gasteiger charge is -2.13. The van der Waals surface area contributed by atoms with E-state index in [1.807, 2.05) is 6.20 Å². The van der Waals surface area contributed by atoms with Crippen LogP contribution in [0.1, 0.15) is 32.1 Å². The lowest BCUT2D eigenvalue weighted by Crippen LogP contribution is -2.34. The van der Waals surface area contributed by atoms with Gasteiger partial charge < -0.3 is 20.5 Å². The van der Waals surface area contributed by atoms with Gasteiger partial charge in [-0.1, -0.05) is 12.0 Å². The van der Waals surface area contributed by atoms with Crippen LogP contribution in [0.2, 0.25) is 0 Å². The van der Waals surface area contributed by atoms with Crippen molar-refractivity contribution < 1.29 is 14.6 Å². The monoisotopic (exact) mass is 242 g/mol. The van der Waals surface area contributed by atoms with Gasteiger partial charge in [-0.2, -0.15) is 0 Å².